The van der Waals surface area contributed by atoms with Crippen molar-refractivity contribution < 1.29 is 22.7 Å². The third kappa shape index (κ3) is 6.01. The molecule has 31 heavy (non-hydrogen) atoms. The molecule has 11 nitrogen and oxygen atoms in total. The van der Waals surface area contributed by atoms with Crippen LogP contribution in [0, 0.1) is 16.1 Å². The second-order valence-corrected chi connectivity index (χ2v) is 8.41. The molecule has 0 fully saturated rings. The Balaban J connectivity index is 2.35. The smallest absolute Gasteiger partial charge is 0.303 e. The molecule has 1 aromatic carbocycles. The highest BCUT2D eigenvalue weighted by Gasteiger charge is 2.18. The second-order valence-electron chi connectivity index (χ2n) is 6.12. The van der Waals surface area contributed by atoms with Gasteiger partial charge in [0.25, 0.3) is 11.5 Å². The van der Waals surface area contributed by atoms with E-state index in [-0.39, 0.29) is 27.5 Å². The Labute approximate surface area is 183 Å². The number of amides is 1. The molecule has 164 valence electrons. The molecule has 0 aliphatic heterocycles. The molecule has 13 heteroatoms. The number of hydrogen-bond acceptors (Lipinski definition) is 8. The average molecular weight is 466 g/mol. The van der Waals surface area contributed by atoms with E-state index in [1.54, 1.807) is 24.3 Å². The molecule has 0 aliphatic rings. The highest BCUT2D eigenvalue weighted by atomic mass is 32.2. The molecule has 1 amide bonds. The number of rotatable bonds is 8. The van der Waals surface area contributed by atoms with Crippen molar-refractivity contribution in [1.82, 2.24) is 19.0 Å². The number of ether oxygens (including phenoxy) is 2. The van der Waals surface area contributed by atoms with Gasteiger partial charge in [-0.1, -0.05) is 12.1 Å². The fourth-order valence-corrected chi connectivity index (χ4v) is 3.03. The van der Waals surface area contributed by atoms with Crippen LogP contribution in [-0.2, 0) is 15.0 Å². The number of hydrogen-bond donors (Lipinski definition) is 3. The number of benzene rings is 1. The van der Waals surface area contributed by atoms with Gasteiger partial charge in [-0.05, 0) is 30.4 Å². The van der Waals surface area contributed by atoms with Crippen molar-refractivity contribution >= 4 is 40.5 Å². The summed E-state index contributed by atoms with van der Waals surface area (Å²) in [6.45, 7) is -0.606. The lowest BCUT2D eigenvalue weighted by molar-refractivity contribution is -0.121. The molecule has 0 aliphatic carbocycles. The van der Waals surface area contributed by atoms with Crippen LogP contribution in [0.5, 0.6) is 11.5 Å². The van der Waals surface area contributed by atoms with Crippen LogP contribution in [0.1, 0.15) is 16.8 Å². The van der Waals surface area contributed by atoms with E-state index in [0.29, 0.717) is 5.56 Å². The van der Waals surface area contributed by atoms with Crippen molar-refractivity contribution in [3.05, 3.63) is 50.1 Å². The summed E-state index contributed by atoms with van der Waals surface area (Å²) in [4.78, 5) is 28.9. The predicted molar refractivity (Wildman–Crippen MR) is 115 cm³/mol. The Morgan fingerprint density at radius 3 is 2.65 bits per heavy atom. The molecule has 0 spiro atoms. The predicted octanol–water partition coefficient (Wildman–Crippen LogP) is 0.785. The van der Waals surface area contributed by atoms with Gasteiger partial charge in [0.05, 0.1) is 12.8 Å². The summed E-state index contributed by atoms with van der Waals surface area (Å²) in [7, 11) is -0.0158. The molecule has 0 radical (unpaired) electrons. The Kier molecular flexibility index (Phi) is 7.70. The lowest BCUT2D eigenvalue weighted by Gasteiger charge is -2.15. The minimum Gasteiger partial charge on any atom is -0.493 e. The Morgan fingerprint density at radius 1 is 1.32 bits per heavy atom. The zero-order valence-corrected chi connectivity index (χ0v) is 18.4. The number of para-hydroxylation sites is 1. The van der Waals surface area contributed by atoms with Gasteiger partial charge in [-0.3, -0.25) is 14.6 Å². The maximum absolute atomic E-state index is 12.0. The molecule has 0 saturated carbocycles. The first kappa shape index (κ1) is 23.8. The number of nitrogens with one attached hydrogen (secondary N) is 3. The first-order valence-electron chi connectivity index (χ1n) is 8.56. The first-order chi connectivity index (χ1) is 14.6. The number of nitrogens with zero attached hydrogens (tertiary/aromatic N) is 2. The van der Waals surface area contributed by atoms with Crippen LogP contribution in [0.25, 0.3) is 12.2 Å². The van der Waals surface area contributed by atoms with Crippen LogP contribution in [0.4, 0.5) is 0 Å². The van der Waals surface area contributed by atoms with Crippen molar-refractivity contribution in [2.24, 2.45) is 0 Å². The number of aromatic amines is 2. The topological polar surface area (TPSA) is 157 Å². The van der Waals surface area contributed by atoms with E-state index in [1.807, 2.05) is 4.72 Å². The number of nitriles is 1. The highest BCUT2D eigenvalue weighted by molar-refractivity contribution is 7.87. The molecule has 1 aromatic heterocycles. The lowest BCUT2D eigenvalue weighted by Crippen LogP contribution is -2.41. The second kappa shape index (κ2) is 10.0. The molecule has 3 N–H and O–H groups in total. The van der Waals surface area contributed by atoms with Gasteiger partial charge in [0, 0.05) is 19.7 Å². The summed E-state index contributed by atoms with van der Waals surface area (Å²) in [5, 5.41) is 9.20. The van der Waals surface area contributed by atoms with Gasteiger partial charge in [-0.2, -0.15) is 18.0 Å². The molecule has 1 heterocycles. The van der Waals surface area contributed by atoms with Crippen LogP contribution in [0.2, 0.25) is 0 Å². The van der Waals surface area contributed by atoms with E-state index in [4.69, 9.17) is 21.7 Å². The van der Waals surface area contributed by atoms with Gasteiger partial charge >= 0.3 is 10.2 Å². The van der Waals surface area contributed by atoms with E-state index < -0.39 is 28.3 Å². The van der Waals surface area contributed by atoms with Crippen LogP contribution < -0.4 is 19.8 Å². The Hall–Kier alpha value is -3.47. The number of carbonyl (C=O) groups is 1. The summed E-state index contributed by atoms with van der Waals surface area (Å²) in [5.41, 5.74) is -0.179. The third-order valence-corrected chi connectivity index (χ3v) is 5.46. The first-order valence-corrected chi connectivity index (χ1v) is 10.4. The van der Waals surface area contributed by atoms with E-state index in [1.165, 1.54) is 33.4 Å². The number of methoxy groups -OCH3 is 1. The van der Waals surface area contributed by atoms with E-state index in [2.05, 4.69) is 9.97 Å². The van der Waals surface area contributed by atoms with Crippen molar-refractivity contribution in [2.45, 2.75) is 0 Å². The number of aromatic nitrogens is 2. The average Bonchev–Trinajstić information content (AvgIpc) is 2.69. The zero-order valence-electron chi connectivity index (χ0n) is 16.8. The Bertz CT molecular complexity index is 1270. The summed E-state index contributed by atoms with van der Waals surface area (Å²) in [6.07, 6.45) is 2.97. The van der Waals surface area contributed by atoms with Gasteiger partial charge in [-0.25, -0.2) is 4.72 Å². The maximum Gasteiger partial charge on any atom is 0.303 e. The summed E-state index contributed by atoms with van der Waals surface area (Å²) in [5.74, 6) is -0.453. The molecule has 0 unspecified atom stereocenters. The monoisotopic (exact) mass is 465 g/mol. The molecular weight excluding hydrogens is 446 g/mol. The van der Waals surface area contributed by atoms with Gasteiger partial charge in [0.2, 0.25) is 0 Å². The fourth-order valence-electron chi connectivity index (χ4n) is 2.29. The molecule has 0 atom stereocenters. The van der Waals surface area contributed by atoms with E-state index in [9.17, 15) is 23.3 Å². The fraction of sp³-hybridized carbons (Fsp3) is 0.222. The van der Waals surface area contributed by atoms with Crippen molar-refractivity contribution in [1.29, 1.82) is 5.26 Å². The largest absolute Gasteiger partial charge is 0.493 e. The number of H-pyrrole nitrogens is 2. The summed E-state index contributed by atoms with van der Waals surface area (Å²) < 4.78 is 37.0. The minimum atomic E-state index is -3.96. The van der Waals surface area contributed by atoms with Crippen LogP contribution in [-0.4, -0.2) is 56.4 Å². The van der Waals surface area contributed by atoms with E-state index >= 15 is 0 Å². The van der Waals surface area contributed by atoms with Gasteiger partial charge < -0.3 is 14.5 Å². The molecular formula is C18H19N5O6S2. The normalized spacial score (nSPS) is 11.3. The summed E-state index contributed by atoms with van der Waals surface area (Å²) >= 11 is 4.93. The summed E-state index contributed by atoms with van der Waals surface area (Å²) in [6, 6.07) is 6.67. The van der Waals surface area contributed by atoms with Crippen molar-refractivity contribution in [3.63, 3.8) is 0 Å². The van der Waals surface area contributed by atoms with Crippen molar-refractivity contribution in [3.8, 4) is 17.6 Å². The van der Waals surface area contributed by atoms with Gasteiger partial charge in [0.15, 0.2) is 22.9 Å². The number of carbonyl (C=O) groups excluding carboxylic acids is 1. The molecule has 2 aromatic rings. The third-order valence-electron chi connectivity index (χ3n) is 3.81. The van der Waals surface area contributed by atoms with Gasteiger partial charge in [0.1, 0.15) is 11.6 Å². The van der Waals surface area contributed by atoms with Crippen LogP contribution >= 0.6 is 12.2 Å². The Morgan fingerprint density at radius 2 is 2.03 bits per heavy atom. The van der Waals surface area contributed by atoms with Crippen LogP contribution in [0.3, 0.4) is 0 Å². The van der Waals surface area contributed by atoms with Gasteiger partial charge in [-0.15, -0.1) is 0 Å². The van der Waals surface area contributed by atoms with E-state index in [0.717, 1.165) is 4.31 Å². The minimum absolute atomic E-state index is 0.0459. The van der Waals surface area contributed by atoms with Crippen molar-refractivity contribution in [2.75, 3.05) is 27.8 Å². The maximum atomic E-state index is 12.0. The zero-order chi connectivity index (χ0) is 23.2. The van der Waals surface area contributed by atoms with Crippen LogP contribution in [0.15, 0.2) is 23.0 Å². The quantitative estimate of drug-likeness (QED) is 0.483. The molecule has 2 rings (SSSR count). The SMILES string of the molecule is COc1cccc(C=Cc2[nH]c(=S)[nH]c(=O)c2C#N)c1OCC(=O)NS(=O)(=O)N(C)C. The standard InChI is InChI=1S/C18H19N5O6S2/c1-23(2)31(26,27)22-15(24)10-29-16-11(5-4-6-14(16)28-3)7-8-13-12(9-19)17(25)21-18(30)20-13/h4-8H,10H2,1-3H3,(H,22,24)(H2,20,21,25,30). The molecule has 0 bridgehead atoms. The highest BCUT2D eigenvalue weighted by Crippen LogP contribution is 2.32. The molecule has 0 saturated heterocycles. The lowest BCUT2D eigenvalue weighted by atomic mass is 10.1.